The molecule has 0 radical (unpaired) electrons. The zero-order valence-corrected chi connectivity index (χ0v) is 10.3. The van der Waals surface area contributed by atoms with Gasteiger partial charge in [-0.1, -0.05) is 25.1 Å². The molecule has 2 rings (SSSR count). The Bertz CT molecular complexity index is 490. The molecular formula is C14H20N2O. The molecule has 0 saturated carbocycles. The van der Waals surface area contributed by atoms with E-state index in [0.29, 0.717) is 6.54 Å². The van der Waals surface area contributed by atoms with Gasteiger partial charge >= 0.3 is 0 Å². The fraction of sp³-hybridized carbons (Fsp3) is 0.429. The van der Waals surface area contributed by atoms with E-state index >= 15 is 0 Å². The van der Waals surface area contributed by atoms with E-state index in [2.05, 4.69) is 42.0 Å². The molecule has 0 amide bonds. The lowest BCUT2D eigenvalue weighted by molar-refractivity contribution is 0.224. The van der Waals surface area contributed by atoms with Gasteiger partial charge in [0.25, 0.3) is 0 Å². The molecule has 0 saturated heterocycles. The standard InChI is InChI=1S/C14H20N2O/c1-11(10-17)8-16-9-12(6-7-15)13-4-2-3-5-14(13)16/h2-5,9,11,17H,6-8,10,15H2,1H3. The van der Waals surface area contributed by atoms with Gasteiger partial charge in [0.15, 0.2) is 0 Å². The van der Waals surface area contributed by atoms with Crippen molar-refractivity contribution < 1.29 is 5.11 Å². The van der Waals surface area contributed by atoms with E-state index in [9.17, 15) is 0 Å². The number of hydrogen-bond donors (Lipinski definition) is 2. The first-order valence-corrected chi connectivity index (χ1v) is 6.14. The minimum Gasteiger partial charge on any atom is -0.396 e. The van der Waals surface area contributed by atoms with Gasteiger partial charge in [-0.15, -0.1) is 0 Å². The van der Waals surface area contributed by atoms with Gasteiger partial charge < -0.3 is 15.4 Å². The quantitative estimate of drug-likeness (QED) is 0.825. The van der Waals surface area contributed by atoms with Crippen molar-refractivity contribution in [2.75, 3.05) is 13.2 Å². The molecule has 3 nitrogen and oxygen atoms in total. The molecule has 17 heavy (non-hydrogen) atoms. The Kier molecular flexibility index (Phi) is 3.82. The van der Waals surface area contributed by atoms with Crippen LogP contribution in [0.2, 0.25) is 0 Å². The van der Waals surface area contributed by atoms with Crippen LogP contribution in [0.5, 0.6) is 0 Å². The van der Waals surface area contributed by atoms with Gasteiger partial charge in [0.1, 0.15) is 0 Å². The minimum atomic E-state index is 0.221. The number of aliphatic hydroxyl groups is 1. The molecule has 0 aliphatic carbocycles. The number of rotatable bonds is 5. The number of hydrogen-bond acceptors (Lipinski definition) is 2. The summed E-state index contributed by atoms with van der Waals surface area (Å²) in [7, 11) is 0. The van der Waals surface area contributed by atoms with Crippen LogP contribution in [0.25, 0.3) is 10.9 Å². The number of nitrogens with two attached hydrogens (primary N) is 1. The van der Waals surface area contributed by atoms with Crippen molar-refractivity contribution in [3.8, 4) is 0 Å². The first-order valence-electron chi connectivity index (χ1n) is 6.14. The lowest BCUT2D eigenvalue weighted by Gasteiger charge is -2.10. The average molecular weight is 232 g/mol. The van der Waals surface area contributed by atoms with Gasteiger partial charge in [-0.3, -0.25) is 0 Å². The van der Waals surface area contributed by atoms with Crippen molar-refractivity contribution in [1.29, 1.82) is 0 Å². The van der Waals surface area contributed by atoms with E-state index in [-0.39, 0.29) is 12.5 Å². The second kappa shape index (κ2) is 5.34. The third kappa shape index (κ3) is 2.51. The van der Waals surface area contributed by atoms with Crippen molar-refractivity contribution in [1.82, 2.24) is 4.57 Å². The van der Waals surface area contributed by atoms with Crippen molar-refractivity contribution in [2.45, 2.75) is 19.9 Å². The lowest BCUT2D eigenvalue weighted by atomic mass is 10.1. The minimum absolute atomic E-state index is 0.221. The fourth-order valence-electron chi connectivity index (χ4n) is 2.22. The molecule has 1 aromatic heterocycles. The van der Waals surface area contributed by atoms with Gasteiger partial charge in [0.2, 0.25) is 0 Å². The first kappa shape index (κ1) is 12.1. The van der Waals surface area contributed by atoms with E-state index in [0.717, 1.165) is 13.0 Å². The van der Waals surface area contributed by atoms with E-state index in [1.165, 1.54) is 16.5 Å². The predicted octanol–water partition coefficient (Wildman–Crippen LogP) is 1.77. The highest BCUT2D eigenvalue weighted by atomic mass is 16.3. The van der Waals surface area contributed by atoms with Crippen LogP contribution >= 0.6 is 0 Å². The number of aliphatic hydroxyl groups excluding tert-OH is 1. The van der Waals surface area contributed by atoms with E-state index in [1.54, 1.807) is 0 Å². The first-order chi connectivity index (χ1) is 8.26. The van der Waals surface area contributed by atoms with Crippen LogP contribution in [-0.2, 0) is 13.0 Å². The molecule has 3 N–H and O–H groups in total. The van der Waals surface area contributed by atoms with Crippen LogP contribution in [0.3, 0.4) is 0 Å². The van der Waals surface area contributed by atoms with Crippen LogP contribution in [0, 0.1) is 5.92 Å². The Morgan fingerprint density at radius 1 is 1.35 bits per heavy atom. The molecule has 1 heterocycles. The Hall–Kier alpha value is -1.32. The summed E-state index contributed by atoms with van der Waals surface area (Å²) in [5, 5.41) is 10.4. The second-order valence-electron chi connectivity index (χ2n) is 4.65. The molecule has 1 aromatic carbocycles. The zero-order chi connectivity index (χ0) is 12.3. The molecular weight excluding hydrogens is 212 g/mol. The van der Waals surface area contributed by atoms with Crippen LogP contribution in [0.1, 0.15) is 12.5 Å². The molecule has 1 atom stereocenters. The highest BCUT2D eigenvalue weighted by molar-refractivity contribution is 5.84. The van der Waals surface area contributed by atoms with Crippen LogP contribution in [0.4, 0.5) is 0 Å². The van der Waals surface area contributed by atoms with Gasteiger partial charge in [0.05, 0.1) is 0 Å². The monoisotopic (exact) mass is 232 g/mol. The van der Waals surface area contributed by atoms with Gasteiger partial charge in [0, 0.05) is 30.3 Å². The number of fused-ring (bicyclic) bond motifs is 1. The van der Waals surface area contributed by atoms with E-state index in [1.807, 2.05) is 0 Å². The predicted molar refractivity (Wildman–Crippen MR) is 70.9 cm³/mol. The summed E-state index contributed by atoms with van der Waals surface area (Å²) < 4.78 is 2.22. The summed E-state index contributed by atoms with van der Waals surface area (Å²) in [5.74, 6) is 0.275. The van der Waals surface area contributed by atoms with Crippen LogP contribution < -0.4 is 5.73 Å². The highest BCUT2D eigenvalue weighted by Gasteiger charge is 2.09. The molecule has 1 unspecified atom stereocenters. The van der Waals surface area contributed by atoms with Gasteiger partial charge in [-0.25, -0.2) is 0 Å². The Balaban J connectivity index is 2.41. The van der Waals surface area contributed by atoms with E-state index < -0.39 is 0 Å². The topological polar surface area (TPSA) is 51.2 Å². The Labute approximate surface area is 102 Å². The molecule has 3 heteroatoms. The normalized spacial score (nSPS) is 13.1. The van der Waals surface area contributed by atoms with E-state index in [4.69, 9.17) is 10.8 Å². The molecule has 0 bridgehead atoms. The van der Waals surface area contributed by atoms with Gasteiger partial charge in [-0.2, -0.15) is 0 Å². The van der Waals surface area contributed by atoms with Gasteiger partial charge in [-0.05, 0) is 30.5 Å². The summed E-state index contributed by atoms with van der Waals surface area (Å²) >= 11 is 0. The third-order valence-electron chi connectivity index (χ3n) is 3.10. The summed E-state index contributed by atoms with van der Waals surface area (Å²) in [6.45, 7) is 3.79. The van der Waals surface area contributed by atoms with Crippen molar-refractivity contribution in [3.05, 3.63) is 36.0 Å². The van der Waals surface area contributed by atoms with Crippen molar-refractivity contribution in [2.24, 2.45) is 11.7 Å². The summed E-state index contributed by atoms with van der Waals surface area (Å²) in [6.07, 6.45) is 3.07. The summed E-state index contributed by atoms with van der Waals surface area (Å²) in [6, 6.07) is 8.37. The maximum absolute atomic E-state index is 9.15. The molecule has 0 spiro atoms. The highest BCUT2D eigenvalue weighted by Crippen LogP contribution is 2.22. The molecule has 0 aliphatic rings. The lowest BCUT2D eigenvalue weighted by Crippen LogP contribution is -2.10. The number of benzene rings is 1. The smallest absolute Gasteiger partial charge is 0.0483 e. The van der Waals surface area contributed by atoms with Crippen molar-refractivity contribution >= 4 is 10.9 Å². The Morgan fingerprint density at radius 3 is 2.82 bits per heavy atom. The largest absolute Gasteiger partial charge is 0.396 e. The molecule has 92 valence electrons. The van der Waals surface area contributed by atoms with Crippen molar-refractivity contribution in [3.63, 3.8) is 0 Å². The molecule has 0 aliphatic heterocycles. The number of para-hydroxylation sites is 1. The summed E-state index contributed by atoms with van der Waals surface area (Å²) in [5.41, 5.74) is 8.17. The Morgan fingerprint density at radius 2 is 2.12 bits per heavy atom. The maximum atomic E-state index is 9.15. The SMILES string of the molecule is CC(CO)Cn1cc(CCN)c2ccccc21. The average Bonchev–Trinajstić information content (AvgIpc) is 2.69. The molecule has 2 aromatic rings. The molecule has 0 fully saturated rings. The second-order valence-corrected chi connectivity index (χ2v) is 4.65. The summed E-state index contributed by atoms with van der Waals surface area (Å²) in [4.78, 5) is 0. The number of nitrogens with zero attached hydrogens (tertiary/aromatic N) is 1. The van der Waals surface area contributed by atoms with Crippen LogP contribution in [0.15, 0.2) is 30.5 Å². The third-order valence-corrected chi connectivity index (χ3v) is 3.10. The maximum Gasteiger partial charge on any atom is 0.0483 e. The van der Waals surface area contributed by atoms with Crippen LogP contribution in [-0.4, -0.2) is 22.8 Å². The number of aromatic nitrogens is 1. The zero-order valence-electron chi connectivity index (χ0n) is 10.3. The fourth-order valence-corrected chi connectivity index (χ4v) is 2.22.